The Balaban J connectivity index is 1.54. The van der Waals surface area contributed by atoms with Gasteiger partial charge >= 0.3 is 0 Å². The summed E-state index contributed by atoms with van der Waals surface area (Å²) in [6.07, 6.45) is 7.48. The Hall–Kier alpha value is -0.860. The molecule has 3 rings (SSSR count). The van der Waals surface area contributed by atoms with E-state index in [0.717, 1.165) is 12.8 Å². The predicted octanol–water partition coefficient (Wildman–Crippen LogP) is 4.53. The molecule has 0 amide bonds. The summed E-state index contributed by atoms with van der Waals surface area (Å²) in [7, 11) is 0. The summed E-state index contributed by atoms with van der Waals surface area (Å²) < 4.78 is 0. The summed E-state index contributed by atoms with van der Waals surface area (Å²) >= 11 is 0. The van der Waals surface area contributed by atoms with Gasteiger partial charge in [-0.3, -0.25) is 0 Å². The third-order valence-corrected chi connectivity index (χ3v) is 5.33. The van der Waals surface area contributed by atoms with Gasteiger partial charge < -0.3 is 0 Å². The molecule has 2 bridgehead atoms. The zero-order valence-electron chi connectivity index (χ0n) is 12.7. The summed E-state index contributed by atoms with van der Waals surface area (Å²) in [5, 5.41) is 0. The fraction of sp³-hybridized carbons (Fsp3) is 0.667. The quantitative estimate of drug-likeness (QED) is 0.751. The Labute approximate surface area is 122 Å². The van der Waals surface area contributed by atoms with Crippen molar-refractivity contribution in [1.82, 2.24) is 0 Å². The maximum Gasteiger partial charge on any atom is 0.104 e. The molecule has 1 saturated carbocycles. The van der Waals surface area contributed by atoms with Gasteiger partial charge in [0, 0.05) is 0 Å². The Morgan fingerprint density at radius 1 is 1.20 bits per heavy atom. The Morgan fingerprint density at radius 2 is 2.00 bits per heavy atom. The Morgan fingerprint density at radius 3 is 2.80 bits per heavy atom. The number of hydrogen-bond acceptors (Lipinski definition) is 2. The molecule has 1 saturated heterocycles. The molecule has 1 aliphatic heterocycles. The Bertz CT molecular complexity index is 430. The van der Waals surface area contributed by atoms with E-state index in [0.29, 0.717) is 17.9 Å². The second-order valence-electron chi connectivity index (χ2n) is 6.86. The fourth-order valence-electron chi connectivity index (χ4n) is 3.74. The molecule has 2 fully saturated rings. The number of aryl methyl sites for hydroxylation is 1. The second-order valence-corrected chi connectivity index (χ2v) is 6.86. The first kappa shape index (κ1) is 14.1. The van der Waals surface area contributed by atoms with E-state index in [9.17, 15) is 0 Å². The van der Waals surface area contributed by atoms with E-state index < -0.39 is 0 Å². The Kier molecular flexibility index (Phi) is 4.13. The van der Waals surface area contributed by atoms with Gasteiger partial charge in [0.05, 0.1) is 6.10 Å². The van der Waals surface area contributed by atoms with Gasteiger partial charge in [-0.25, -0.2) is 9.78 Å². The topological polar surface area (TPSA) is 18.5 Å². The van der Waals surface area contributed by atoms with Crippen molar-refractivity contribution in [3.63, 3.8) is 0 Å². The van der Waals surface area contributed by atoms with Crippen LogP contribution < -0.4 is 0 Å². The zero-order valence-corrected chi connectivity index (χ0v) is 12.7. The number of rotatable bonds is 4. The zero-order chi connectivity index (χ0) is 14.0. The average Bonchev–Trinajstić information content (AvgIpc) is 2.47. The summed E-state index contributed by atoms with van der Waals surface area (Å²) in [4.78, 5) is 11.5. The van der Waals surface area contributed by atoms with Gasteiger partial charge in [0.15, 0.2) is 0 Å². The summed E-state index contributed by atoms with van der Waals surface area (Å²) in [6.45, 7) is 4.52. The first-order valence-electron chi connectivity index (χ1n) is 8.06. The molecule has 110 valence electrons. The van der Waals surface area contributed by atoms with Gasteiger partial charge in [0.2, 0.25) is 0 Å². The number of benzene rings is 1. The minimum absolute atomic E-state index is 0.0780. The van der Waals surface area contributed by atoms with E-state index >= 15 is 0 Å². The lowest BCUT2D eigenvalue weighted by Crippen LogP contribution is -2.50. The molecule has 20 heavy (non-hydrogen) atoms. The monoisotopic (exact) mass is 274 g/mol. The van der Waals surface area contributed by atoms with Crippen LogP contribution >= 0.6 is 0 Å². The molecule has 0 spiro atoms. The van der Waals surface area contributed by atoms with Gasteiger partial charge in [-0.1, -0.05) is 37.3 Å². The van der Waals surface area contributed by atoms with Gasteiger partial charge in [-0.05, 0) is 62.8 Å². The van der Waals surface area contributed by atoms with Gasteiger partial charge in [0.1, 0.15) is 5.60 Å². The molecular formula is C18H26O2. The van der Waals surface area contributed by atoms with Crippen LogP contribution in [0.25, 0.3) is 0 Å². The smallest absolute Gasteiger partial charge is 0.104 e. The number of hydrogen-bond donors (Lipinski definition) is 0. The van der Waals surface area contributed by atoms with Gasteiger partial charge in [0.25, 0.3) is 0 Å². The maximum absolute atomic E-state index is 5.84. The van der Waals surface area contributed by atoms with Crippen molar-refractivity contribution in [2.45, 2.75) is 64.1 Å². The highest BCUT2D eigenvalue weighted by Gasteiger charge is 2.46. The third-order valence-electron chi connectivity index (χ3n) is 5.33. The molecule has 1 aliphatic carbocycles. The van der Waals surface area contributed by atoms with E-state index in [2.05, 4.69) is 44.2 Å². The summed E-state index contributed by atoms with van der Waals surface area (Å²) in [5.41, 5.74) is 1.34. The van der Waals surface area contributed by atoms with Crippen LogP contribution in [0.15, 0.2) is 30.3 Å². The first-order valence-corrected chi connectivity index (χ1v) is 8.06. The van der Waals surface area contributed by atoms with Crippen molar-refractivity contribution in [3.8, 4) is 0 Å². The highest BCUT2D eigenvalue weighted by molar-refractivity contribution is 5.14. The molecule has 1 aromatic carbocycles. The van der Waals surface area contributed by atoms with Crippen LogP contribution in [0, 0.1) is 11.8 Å². The molecule has 1 aromatic rings. The molecule has 2 aliphatic rings. The van der Waals surface area contributed by atoms with Crippen LogP contribution in [0.5, 0.6) is 0 Å². The van der Waals surface area contributed by atoms with E-state index in [-0.39, 0.29) is 5.60 Å². The predicted molar refractivity (Wildman–Crippen MR) is 80.2 cm³/mol. The van der Waals surface area contributed by atoms with Crippen LogP contribution in [0.3, 0.4) is 0 Å². The maximum atomic E-state index is 5.84. The highest BCUT2D eigenvalue weighted by atomic mass is 17.2. The average molecular weight is 274 g/mol. The van der Waals surface area contributed by atoms with Crippen molar-refractivity contribution in [2.75, 3.05) is 0 Å². The van der Waals surface area contributed by atoms with Crippen molar-refractivity contribution in [1.29, 1.82) is 0 Å². The van der Waals surface area contributed by atoms with Crippen molar-refractivity contribution < 1.29 is 9.78 Å². The molecule has 1 heterocycles. The lowest BCUT2D eigenvalue weighted by atomic mass is 9.71. The highest BCUT2D eigenvalue weighted by Crippen LogP contribution is 2.45. The van der Waals surface area contributed by atoms with Crippen molar-refractivity contribution in [2.24, 2.45) is 11.8 Å². The van der Waals surface area contributed by atoms with Gasteiger partial charge in [-0.15, -0.1) is 0 Å². The van der Waals surface area contributed by atoms with Crippen LogP contribution in [-0.4, -0.2) is 11.7 Å². The molecule has 4 atom stereocenters. The first-order chi connectivity index (χ1) is 9.67. The standard InChI is InChI=1S/C18H26O2/c1-14-10-11-16-13-17(14)19-20-18(16,2)12-6-9-15-7-4-3-5-8-15/h3-5,7-8,14,16-17H,6,9-13H2,1-2H3/t14-,16+,17-,18-/m0/s1. The summed E-state index contributed by atoms with van der Waals surface area (Å²) in [5.74, 6) is 1.33. The molecule has 0 radical (unpaired) electrons. The molecule has 0 N–H and O–H groups in total. The van der Waals surface area contributed by atoms with Crippen LogP contribution in [0.4, 0.5) is 0 Å². The minimum atomic E-state index is -0.0780. The molecule has 2 heteroatoms. The van der Waals surface area contributed by atoms with Crippen LogP contribution in [-0.2, 0) is 16.2 Å². The SMILES string of the molecule is C[C@H]1CC[C@@H]2C[C@@H]1OO[C@@]2(C)CCCc1ccccc1. The molecular weight excluding hydrogens is 248 g/mol. The van der Waals surface area contributed by atoms with Crippen LogP contribution in [0.1, 0.15) is 51.5 Å². The third kappa shape index (κ3) is 2.91. The van der Waals surface area contributed by atoms with E-state index in [1.165, 1.54) is 31.2 Å². The van der Waals surface area contributed by atoms with E-state index in [1.807, 2.05) is 0 Å². The summed E-state index contributed by atoms with van der Waals surface area (Å²) in [6, 6.07) is 10.7. The molecule has 0 unspecified atom stereocenters. The normalized spacial score (nSPS) is 36.8. The second kappa shape index (κ2) is 5.87. The lowest BCUT2D eigenvalue weighted by molar-refractivity contribution is -0.434. The van der Waals surface area contributed by atoms with Crippen molar-refractivity contribution in [3.05, 3.63) is 35.9 Å². The minimum Gasteiger partial charge on any atom is -0.233 e. The van der Waals surface area contributed by atoms with E-state index in [4.69, 9.17) is 9.78 Å². The number of fused-ring (bicyclic) bond motifs is 2. The van der Waals surface area contributed by atoms with Crippen molar-refractivity contribution >= 4 is 0 Å². The van der Waals surface area contributed by atoms with Crippen LogP contribution in [0.2, 0.25) is 0 Å². The largest absolute Gasteiger partial charge is 0.233 e. The van der Waals surface area contributed by atoms with E-state index in [1.54, 1.807) is 0 Å². The molecule has 2 nitrogen and oxygen atoms in total. The van der Waals surface area contributed by atoms with Gasteiger partial charge in [-0.2, -0.15) is 0 Å². The lowest BCUT2D eigenvalue weighted by Gasteiger charge is -2.48. The molecule has 0 aromatic heterocycles. The fourth-order valence-corrected chi connectivity index (χ4v) is 3.74.